The average molecular weight is 411 g/mol. The fourth-order valence-electron chi connectivity index (χ4n) is 2.50. The lowest BCUT2D eigenvalue weighted by Gasteiger charge is -2.11. The van der Waals surface area contributed by atoms with E-state index in [9.17, 15) is 30.3 Å². The van der Waals surface area contributed by atoms with E-state index in [2.05, 4.69) is 4.85 Å². The van der Waals surface area contributed by atoms with Crippen molar-refractivity contribution in [3.8, 4) is 0 Å². The minimum atomic E-state index is -0.855. The van der Waals surface area contributed by atoms with Crippen LogP contribution in [0.5, 0.6) is 0 Å². The molecule has 0 radical (unpaired) electrons. The Morgan fingerprint density at radius 2 is 1.44 bits per heavy atom. The normalized spacial score (nSPS) is 10.3. The Bertz CT molecular complexity index is 1050. The van der Waals surface area contributed by atoms with E-state index in [1.807, 2.05) is 0 Å². The fourth-order valence-corrected chi connectivity index (χ4v) is 3.02. The van der Waals surface area contributed by atoms with Crippen molar-refractivity contribution in [1.82, 2.24) is 0 Å². The van der Waals surface area contributed by atoms with Crippen LogP contribution in [0.4, 0.5) is 22.7 Å². The maximum absolute atomic E-state index is 11.4. The van der Waals surface area contributed by atoms with E-state index < -0.39 is 31.8 Å². The molecule has 12 heteroatoms. The molecule has 0 atom stereocenters. The molecule has 0 bridgehead atoms. The van der Waals surface area contributed by atoms with Crippen LogP contribution >= 0.6 is 23.2 Å². The second-order valence-electron chi connectivity index (χ2n) is 5.32. The minimum Gasteiger partial charge on any atom is -0.258 e. The Hall–Kier alpha value is -3.29. The SMILES string of the molecule is [C-]#[N+]c1cc(Cl)c(Cc2c([N+](=O)[O-])cc([N+](=O)[O-])c(Cl)c2C)c([N+](=O)[O-])c1. The number of nitro groups is 3. The van der Waals surface area contributed by atoms with Crippen molar-refractivity contribution in [3.63, 3.8) is 0 Å². The lowest BCUT2D eigenvalue weighted by molar-refractivity contribution is -0.394. The molecule has 0 unspecified atom stereocenters. The first kappa shape index (κ1) is 20.0. The van der Waals surface area contributed by atoms with Crippen LogP contribution in [0.25, 0.3) is 4.85 Å². The van der Waals surface area contributed by atoms with E-state index >= 15 is 0 Å². The maximum atomic E-state index is 11.4. The Labute approximate surface area is 161 Å². The van der Waals surface area contributed by atoms with Gasteiger partial charge in [0.1, 0.15) is 5.02 Å². The van der Waals surface area contributed by atoms with Crippen LogP contribution in [-0.2, 0) is 6.42 Å². The van der Waals surface area contributed by atoms with Crippen molar-refractivity contribution in [3.05, 3.63) is 86.7 Å². The number of hydrogen-bond donors (Lipinski definition) is 0. The second-order valence-corrected chi connectivity index (χ2v) is 6.10. The predicted octanol–water partition coefficient (Wildman–Crippen LogP) is 5.17. The summed E-state index contributed by atoms with van der Waals surface area (Å²) in [7, 11) is 0. The number of halogens is 2. The molecule has 0 N–H and O–H groups in total. The molecule has 0 amide bonds. The zero-order chi connectivity index (χ0) is 20.5. The lowest BCUT2D eigenvalue weighted by atomic mass is 9.96. The summed E-state index contributed by atoms with van der Waals surface area (Å²) in [6.07, 6.45) is -0.368. The molecule has 2 aromatic rings. The van der Waals surface area contributed by atoms with Gasteiger partial charge in [-0.2, -0.15) is 0 Å². The van der Waals surface area contributed by atoms with Crippen molar-refractivity contribution in [1.29, 1.82) is 0 Å². The molecule has 0 aliphatic carbocycles. The van der Waals surface area contributed by atoms with Crippen LogP contribution in [0.3, 0.4) is 0 Å². The summed E-state index contributed by atoms with van der Waals surface area (Å²) in [6, 6.07) is 2.91. The highest BCUT2D eigenvalue weighted by Gasteiger charge is 2.29. The van der Waals surface area contributed by atoms with Gasteiger partial charge in [-0.1, -0.05) is 23.2 Å². The molecule has 10 nitrogen and oxygen atoms in total. The Morgan fingerprint density at radius 1 is 0.926 bits per heavy atom. The van der Waals surface area contributed by atoms with E-state index in [1.54, 1.807) is 0 Å². The number of benzene rings is 2. The molecule has 138 valence electrons. The third kappa shape index (κ3) is 3.79. The van der Waals surface area contributed by atoms with Gasteiger partial charge in [0.25, 0.3) is 17.1 Å². The van der Waals surface area contributed by atoms with Gasteiger partial charge in [-0.3, -0.25) is 30.3 Å². The largest absolute Gasteiger partial charge is 0.295 e. The number of nitro benzene ring substituents is 3. The van der Waals surface area contributed by atoms with Crippen LogP contribution in [0.2, 0.25) is 10.0 Å². The number of hydrogen-bond acceptors (Lipinski definition) is 6. The second kappa shape index (κ2) is 7.53. The van der Waals surface area contributed by atoms with Gasteiger partial charge in [0, 0.05) is 23.1 Å². The molecule has 27 heavy (non-hydrogen) atoms. The third-order valence-corrected chi connectivity index (χ3v) is 4.63. The number of rotatable bonds is 5. The molecule has 0 spiro atoms. The average Bonchev–Trinajstić information content (AvgIpc) is 2.59. The fraction of sp³-hybridized carbons (Fsp3) is 0.133. The van der Waals surface area contributed by atoms with Gasteiger partial charge in [0.05, 0.1) is 33.0 Å². The Balaban J connectivity index is 2.77. The van der Waals surface area contributed by atoms with E-state index in [-0.39, 0.29) is 38.8 Å². The summed E-state index contributed by atoms with van der Waals surface area (Å²) in [5, 5.41) is 33.3. The van der Waals surface area contributed by atoms with Crippen molar-refractivity contribution in [2.45, 2.75) is 13.3 Å². The van der Waals surface area contributed by atoms with Crippen molar-refractivity contribution in [2.24, 2.45) is 0 Å². The monoisotopic (exact) mass is 410 g/mol. The maximum Gasteiger partial charge on any atom is 0.295 e. The topological polar surface area (TPSA) is 134 Å². The molecule has 0 saturated heterocycles. The highest BCUT2D eigenvalue weighted by molar-refractivity contribution is 6.33. The van der Waals surface area contributed by atoms with Crippen molar-refractivity contribution < 1.29 is 14.8 Å². The molecular formula is C15H8Cl2N4O6. The summed E-state index contributed by atoms with van der Waals surface area (Å²) in [5.41, 5.74) is -1.88. The highest BCUT2D eigenvalue weighted by Crippen LogP contribution is 2.40. The summed E-state index contributed by atoms with van der Waals surface area (Å²) >= 11 is 12.0. The molecule has 2 rings (SSSR count). The van der Waals surface area contributed by atoms with Crippen LogP contribution in [0.1, 0.15) is 16.7 Å². The molecule has 0 aromatic heterocycles. The van der Waals surface area contributed by atoms with Crippen LogP contribution < -0.4 is 0 Å². The number of nitrogens with zero attached hydrogens (tertiary/aromatic N) is 4. The standard InChI is InChI=1S/C15H8Cl2N4O6/c1-7-9(13(20(24)25)6-14(15(7)17)21(26)27)5-10-11(16)3-8(18-2)4-12(10)19(22)23/h3-4,6H,5H2,1H3. The highest BCUT2D eigenvalue weighted by atomic mass is 35.5. The molecule has 0 heterocycles. The lowest BCUT2D eigenvalue weighted by Crippen LogP contribution is -2.05. The van der Waals surface area contributed by atoms with Crippen LogP contribution in [-0.4, -0.2) is 14.8 Å². The van der Waals surface area contributed by atoms with E-state index in [4.69, 9.17) is 29.8 Å². The van der Waals surface area contributed by atoms with Crippen LogP contribution in [0, 0.1) is 43.8 Å². The van der Waals surface area contributed by atoms with E-state index in [0.717, 1.165) is 6.07 Å². The van der Waals surface area contributed by atoms with Gasteiger partial charge in [0.15, 0.2) is 5.69 Å². The molecule has 2 aromatic carbocycles. The summed E-state index contributed by atoms with van der Waals surface area (Å²) in [6.45, 7) is 8.30. The van der Waals surface area contributed by atoms with Gasteiger partial charge in [-0.25, -0.2) is 4.85 Å². The van der Waals surface area contributed by atoms with Crippen molar-refractivity contribution >= 4 is 46.0 Å². The third-order valence-electron chi connectivity index (χ3n) is 3.82. The minimum absolute atomic E-state index is 0.0391. The van der Waals surface area contributed by atoms with Crippen molar-refractivity contribution in [2.75, 3.05) is 0 Å². The molecule has 0 aliphatic rings. The first-order chi connectivity index (χ1) is 12.6. The smallest absolute Gasteiger partial charge is 0.258 e. The quantitative estimate of drug-likeness (QED) is 0.379. The van der Waals surface area contributed by atoms with Gasteiger partial charge in [-0.15, -0.1) is 0 Å². The molecule has 0 fully saturated rings. The Kier molecular flexibility index (Phi) is 5.58. The van der Waals surface area contributed by atoms with E-state index in [1.165, 1.54) is 13.0 Å². The zero-order valence-electron chi connectivity index (χ0n) is 13.4. The van der Waals surface area contributed by atoms with Gasteiger partial charge >= 0.3 is 0 Å². The summed E-state index contributed by atoms with van der Waals surface area (Å²) in [5.74, 6) is 0. The summed E-state index contributed by atoms with van der Waals surface area (Å²) in [4.78, 5) is 34.4. The van der Waals surface area contributed by atoms with E-state index in [0.29, 0.717) is 6.07 Å². The molecule has 0 saturated carbocycles. The van der Waals surface area contributed by atoms with Gasteiger partial charge < -0.3 is 0 Å². The Morgan fingerprint density at radius 3 is 1.93 bits per heavy atom. The van der Waals surface area contributed by atoms with Gasteiger partial charge in [0.2, 0.25) is 0 Å². The van der Waals surface area contributed by atoms with Crippen LogP contribution in [0.15, 0.2) is 18.2 Å². The summed E-state index contributed by atoms with van der Waals surface area (Å²) < 4.78 is 0. The molecular weight excluding hydrogens is 403 g/mol. The first-order valence-corrected chi connectivity index (χ1v) is 7.79. The molecule has 0 aliphatic heterocycles. The first-order valence-electron chi connectivity index (χ1n) is 7.03. The zero-order valence-corrected chi connectivity index (χ0v) is 14.9. The van der Waals surface area contributed by atoms with Gasteiger partial charge in [-0.05, 0) is 18.6 Å². The predicted molar refractivity (Wildman–Crippen MR) is 96.7 cm³/mol.